The van der Waals surface area contributed by atoms with Gasteiger partial charge in [0.25, 0.3) is 0 Å². The second kappa shape index (κ2) is 7.36. The van der Waals surface area contributed by atoms with Gasteiger partial charge in [-0.25, -0.2) is 0 Å². The van der Waals surface area contributed by atoms with Crippen LogP contribution in [0.2, 0.25) is 0 Å². The molecule has 2 saturated heterocycles. The van der Waals surface area contributed by atoms with Gasteiger partial charge in [0.1, 0.15) is 0 Å². The maximum Gasteiger partial charge on any atom is 0.0836 e. The summed E-state index contributed by atoms with van der Waals surface area (Å²) in [6.07, 6.45) is 9.12. The van der Waals surface area contributed by atoms with Crippen LogP contribution in [0.1, 0.15) is 60.3 Å². The van der Waals surface area contributed by atoms with Crippen LogP contribution >= 0.6 is 0 Å². The molecular weight excluding hydrogens is 284 g/mol. The minimum Gasteiger partial charge on any atom is -0.370 e. The quantitative estimate of drug-likeness (QED) is 0.641. The molecule has 2 heteroatoms. The number of ether oxygens (including phenoxy) is 2. The molecule has 0 radical (unpaired) electrons. The number of rotatable bonds is 4. The molecule has 2 rings (SSSR count). The van der Waals surface area contributed by atoms with E-state index >= 15 is 0 Å². The van der Waals surface area contributed by atoms with Crippen molar-refractivity contribution in [3.8, 4) is 0 Å². The molecule has 2 fully saturated rings. The predicted octanol–water partition coefficient (Wildman–Crippen LogP) is 5.45. The van der Waals surface area contributed by atoms with Crippen molar-refractivity contribution in [1.29, 1.82) is 0 Å². The van der Waals surface area contributed by atoms with Crippen molar-refractivity contribution in [3.63, 3.8) is 0 Å². The summed E-state index contributed by atoms with van der Waals surface area (Å²) in [5, 5.41) is 0. The normalized spacial score (nSPS) is 36.1. The molecule has 2 heterocycles. The van der Waals surface area contributed by atoms with Crippen LogP contribution in [0.4, 0.5) is 0 Å². The van der Waals surface area contributed by atoms with Gasteiger partial charge in [0, 0.05) is 6.42 Å². The van der Waals surface area contributed by atoms with E-state index in [2.05, 4.69) is 53.0 Å². The third-order valence-electron chi connectivity index (χ3n) is 5.12. The molecule has 0 aromatic carbocycles. The monoisotopic (exact) mass is 318 g/mol. The lowest BCUT2D eigenvalue weighted by molar-refractivity contribution is -0.0853. The highest BCUT2D eigenvalue weighted by atomic mass is 16.5. The van der Waals surface area contributed by atoms with Crippen LogP contribution in [0.25, 0.3) is 0 Å². The van der Waals surface area contributed by atoms with Crippen molar-refractivity contribution in [2.75, 3.05) is 0 Å². The van der Waals surface area contributed by atoms with Crippen LogP contribution in [0.5, 0.6) is 0 Å². The van der Waals surface area contributed by atoms with Gasteiger partial charge < -0.3 is 9.47 Å². The molecule has 0 N–H and O–H groups in total. The fraction of sp³-hybridized carbons (Fsp3) is 0.714. The molecule has 130 valence electrons. The topological polar surface area (TPSA) is 18.5 Å². The predicted molar refractivity (Wildman–Crippen MR) is 97.5 cm³/mol. The molecule has 0 amide bonds. The van der Waals surface area contributed by atoms with Crippen molar-refractivity contribution >= 4 is 0 Å². The Bertz CT molecular complexity index is 469. The molecular formula is C21H34O2. The first-order valence-corrected chi connectivity index (χ1v) is 9.02. The van der Waals surface area contributed by atoms with Crippen molar-refractivity contribution in [3.05, 3.63) is 36.5 Å². The molecule has 0 bridgehead atoms. The Morgan fingerprint density at radius 3 is 2.48 bits per heavy atom. The van der Waals surface area contributed by atoms with E-state index in [9.17, 15) is 0 Å². The van der Waals surface area contributed by atoms with Crippen molar-refractivity contribution < 1.29 is 9.47 Å². The lowest BCUT2D eigenvalue weighted by Gasteiger charge is -2.42. The number of allylic oxidation sites excluding steroid dienone is 1. The van der Waals surface area contributed by atoms with Gasteiger partial charge in [-0.3, -0.25) is 0 Å². The van der Waals surface area contributed by atoms with Gasteiger partial charge in [0.05, 0.1) is 24.4 Å². The molecule has 0 aromatic heterocycles. The van der Waals surface area contributed by atoms with Gasteiger partial charge >= 0.3 is 0 Å². The van der Waals surface area contributed by atoms with E-state index in [-0.39, 0.29) is 23.7 Å². The molecule has 0 saturated carbocycles. The maximum atomic E-state index is 6.40. The molecule has 0 aliphatic carbocycles. The van der Waals surface area contributed by atoms with Crippen molar-refractivity contribution in [2.45, 2.75) is 84.7 Å². The van der Waals surface area contributed by atoms with E-state index in [1.807, 2.05) is 6.92 Å². The summed E-state index contributed by atoms with van der Waals surface area (Å²) in [5.74, 6) is 0.529. The Balaban J connectivity index is 1.91. The second-order valence-corrected chi connectivity index (χ2v) is 8.34. The molecule has 23 heavy (non-hydrogen) atoms. The number of hydrogen-bond acceptors (Lipinski definition) is 2. The fourth-order valence-electron chi connectivity index (χ4n) is 3.77. The van der Waals surface area contributed by atoms with Crippen molar-refractivity contribution in [2.24, 2.45) is 11.3 Å². The van der Waals surface area contributed by atoms with E-state index in [1.54, 1.807) is 0 Å². The zero-order valence-electron chi connectivity index (χ0n) is 15.6. The number of hydrogen-bond donors (Lipinski definition) is 0. The summed E-state index contributed by atoms with van der Waals surface area (Å²) in [5.41, 5.74) is 2.59. The van der Waals surface area contributed by atoms with E-state index in [0.29, 0.717) is 12.0 Å². The Morgan fingerprint density at radius 1 is 1.17 bits per heavy atom. The minimum absolute atomic E-state index is 0.106. The van der Waals surface area contributed by atoms with Crippen LogP contribution in [0.3, 0.4) is 0 Å². The van der Waals surface area contributed by atoms with Crippen LogP contribution in [0, 0.1) is 11.3 Å². The van der Waals surface area contributed by atoms with Gasteiger partial charge in [-0.15, -0.1) is 0 Å². The highest BCUT2D eigenvalue weighted by Gasteiger charge is 2.38. The summed E-state index contributed by atoms with van der Waals surface area (Å²) in [7, 11) is 0. The van der Waals surface area contributed by atoms with Gasteiger partial charge in [-0.05, 0) is 48.7 Å². The third kappa shape index (κ3) is 4.58. The summed E-state index contributed by atoms with van der Waals surface area (Å²) >= 11 is 0. The molecule has 2 nitrogen and oxygen atoms in total. The lowest BCUT2D eigenvalue weighted by atomic mass is 9.76. The Morgan fingerprint density at radius 2 is 1.87 bits per heavy atom. The first-order valence-electron chi connectivity index (χ1n) is 9.02. The zero-order chi connectivity index (χ0) is 17.2. The Kier molecular flexibility index (Phi) is 5.91. The standard InChI is InChI=1S/C21H34O2/c1-8-9-17-13-15(3)19(22-17)11-10-18-12-14(2)16(4)20(23-18)21(5,6)7/h8-9,14,17-20H,3-4,10-13H2,1-2,5-7H3/t14-,17+,18+,19?,20+/m1/s1. The van der Waals surface area contributed by atoms with Gasteiger partial charge in [-0.1, -0.05) is 53.0 Å². The van der Waals surface area contributed by atoms with Crippen LogP contribution in [-0.2, 0) is 9.47 Å². The van der Waals surface area contributed by atoms with Crippen LogP contribution in [-0.4, -0.2) is 24.4 Å². The highest BCUT2D eigenvalue weighted by Crippen LogP contribution is 2.40. The van der Waals surface area contributed by atoms with Crippen LogP contribution < -0.4 is 0 Å². The van der Waals surface area contributed by atoms with Gasteiger partial charge in [-0.2, -0.15) is 0 Å². The molecule has 0 aromatic rings. The minimum atomic E-state index is 0.106. The maximum absolute atomic E-state index is 6.40. The van der Waals surface area contributed by atoms with E-state index in [1.165, 1.54) is 11.1 Å². The first-order chi connectivity index (χ1) is 10.7. The molecule has 1 unspecified atom stereocenters. The fourth-order valence-corrected chi connectivity index (χ4v) is 3.77. The summed E-state index contributed by atoms with van der Waals surface area (Å²) in [4.78, 5) is 0. The average molecular weight is 319 g/mol. The first kappa shape index (κ1) is 18.5. The van der Waals surface area contributed by atoms with Gasteiger partial charge in [0.15, 0.2) is 0 Å². The SMILES string of the molecule is C=C1C[C@H](C=CC)OC1CC[C@H]1C[C@@H](C)C(=C)[C@@H](C(C)(C)C)O1. The van der Waals surface area contributed by atoms with Crippen molar-refractivity contribution in [1.82, 2.24) is 0 Å². The smallest absolute Gasteiger partial charge is 0.0836 e. The summed E-state index contributed by atoms with van der Waals surface area (Å²) in [6.45, 7) is 19.5. The lowest BCUT2D eigenvalue weighted by Crippen LogP contribution is -2.41. The summed E-state index contributed by atoms with van der Waals surface area (Å²) < 4.78 is 12.5. The molecule has 2 aliphatic rings. The van der Waals surface area contributed by atoms with E-state index in [4.69, 9.17) is 9.47 Å². The Hall–Kier alpha value is -0.860. The largest absolute Gasteiger partial charge is 0.370 e. The molecule has 2 aliphatic heterocycles. The summed E-state index contributed by atoms with van der Waals surface area (Å²) in [6, 6.07) is 0. The molecule has 0 spiro atoms. The zero-order valence-corrected chi connectivity index (χ0v) is 15.6. The second-order valence-electron chi connectivity index (χ2n) is 8.34. The van der Waals surface area contributed by atoms with Gasteiger partial charge in [0.2, 0.25) is 0 Å². The van der Waals surface area contributed by atoms with Crippen LogP contribution in [0.15, 0.2) is 36.5 Å². The highest BCUT2D eigenvalue weighted by molar-refractivity contribution is 5.15. The average Bonchev–Trinajstić information content (AvgIpc) is 2.79. The third-order valence-corrected chi connectivity index (χ3v) is 5.12. The van der Waals surface area contributed by atoms with E-state index in [0.717, 1.165) is 25.7 Å². The van der Waals surface area contributed by atoms with E-state index < -0.39 is 0 Å². The Labute approximate surface area is 142 Å². The molecule has 5 atom stereocenters.